The molecule has 0 fully saturated rings. The Morgan fingerprint density at radius 1 is 0.409 bits per heavy atom. The molecule has 0 spiro atoms. The van der Waals surface area contributed by atoms with Crippen LogP contribution in [0.2, 0.25) is 0 Å². The second-order valence-electron chi connectivity index (χ2n) is 11.4. The lowest BCUT2D eigenvalue weighted by molar-refractivity contribution is 0.669. The highest BCUT2D eigenvalue weighted by Crippen LogP contribution is 2.46. The van der Waals surface area contributed by atoms with Crippen LogP contribution in [-0.2, 0) is 0 Å². The Bertz CT molecular complexity index is 2500. The van der Waals surface area contributed by atoms with E-state index in [1.54, 1.807) is 0 Å². The highest BCUT2D eigenvalue weighted by molar-refractivity contribution is 6.23. The van der Waals surface area contributed by atoms with E-state index in [2.05, 4.69) is 163 Å². The molecule has 8 aromatic carbocycles. The number of benzene rings is 8. The van der Waals surface area contributed by atoms with Gasteiger partial charge in [0.05, 0.1) is 5.69 Å². The summed E-state index contributed by atoms with van der Waals surface area (Å²) in [4.78, 5) is 2.34. The Labute approximate surface area is 255 Å². The fourth-order valence-corrected chi connectivity index (χ4v) is 6.73. The van der Waals surface area contributed by atoms with Crippen molar-refractivity contribution in [3.05, 3.63) is 164 Å². The molecule has 0 aliphatic carbocycles. The Hall–Kier alpha value is -5.86. The zero-order valence-electron chi connectivity index (χ0n) is 23.9. The molecule has 9 aromatic rings. The van der Waals surface area contributed by atoms with E-state index in [0.29, 0.717) is 0 Å². The van der Waals surface area contributed by atoms with Gasteiger partial charge < -0.3 is 9.32 Å². The second-order valence-corrected chi connectivity index (χ2v) is 11.4. The largest absolute Gasteiger partial charge is 0.454 e. The number of furan rings is 1. The summed E-state index contributed by atoms with van der Waals surface area (Å²) in [6.45, 7) is 0. The molecular weight excluding hydrogens is 534 g/mol. The number of nitrogens with zero attached hydrogens (tertiary/aromatic N) is 1. The molecule has 206 valence electrons. The minimum absolute atomic E-state index is 0.885. The van der Waals surface area contributed by atoms with Crippen LogP contribution in [0.15, 0.2) is 168 Å². The van der Waals surface area contributed by atoms with Crippen molar-refractivity contribution in [2.75, 3.05) is 4.90 Å². The highest BCUT2D eigenvalue weighted by atomic mass is 16.3. The van der Waals surface area contributed by atoms with Crippen molar-refractivity contribution in [3.63, 3.8) is 0 Å². The predicted molar refractivity (Wildman–Crippen MR) is 186 cm³/mol. The summed E-state index contributed by atoms with van der Waals surface area (Å²) in [6, 6.07) is 58.5. The first kappa shape index (κ1) is 24.7. The topological polar surface area (TPSA) is 16.4 Å². The summed E-state index contributed by atoms with van der Waals surface area (Å²) in [5.41, 5.74) is 7.37. The molecule has 1 heterocycles. The molecule has 44 heavy (non-hydrogen) atoms. The van der Waals surface area contributed by atoms with E-state index < -0.39 is 0 Å². The van der Waals surface area contributed by atoms with Gasteiger partial charge in [-0.3, -0.25) is 0 Å². The van der Waals surface area contributed by atoms with E-state index >= 15 is 0 Å². The fourth-order valence-electron chi connectivity index (χ4n) is 6.73. The van der Waals surface area contributed by atoms with Crippen LogP contribution >= 0.6 is 0 Å². The first-order chi connectivity index (χ1) is 21.8. The van der Waals surface area contributed by atoms with Gasteiger partial charge in [0.15, 0.2) is 5.58 Å². The zero-order chi connectivity index (χ0) is 29.0. The van der Waals surface area contributed by atoms with Gasteiger partial charge in [0.25, 0.3) is 0 Å². The average molecular weight is 562 g/mol. The van der Waals surface area contributed by atoms with Gasteiger partial charge >= 0.3 is 0 Å². The van der Waals surface area contributed by atoms with E-state index in [1.165, 1.54) is 43.4 Å². The van der Waals surface area contributed by atoms with Gasteiger partial charge in [-0.15, -0.1) is 0 Å². The second kappa shape index (κ2) is 9.86. The Morgan fingerprint density at radius 3 is 1.89 bits per heavy atom. The van der Waals surface area contributed by atoms with Crippen molar-refractivity contribution in [2.45, 2.75) is 0 Å². The molecule has 9 rings (SSSR count). The maximum absolute atomic E-state index is 6.70. The van der Waals surface area contributed by atoms with Crippen molar-refractivity contribution < 1.29 is 4.42 Å². The molecule has 0 N–H and O–H groups in total. The number of para-hydroxylation sites is 1. The van der Waals surface area contributed by atoms with Crippen LogP contribution in [0.25, 0.3) is 65.4 Å². The van der Waals surface area contributed by atoms with Crippen molar-refractivity contribution in [2.24, 2.45) is 0 Å². The molecule has 0 aliphatic heterocycles. The van der Waals surface area contributed by atoms with Crippen molar-refractivity contribution >= 4 is 71.3 Å². The lowest BCUT2D eigenvalue weighted by atomic mass is 9.97. The highest BCUT2D eigenvalue weighted by Gasteiger charge is 2.22. The van der Waals surface area contributed by atoms with Crippen molar-refractivity contribution in [1.29, 1.82) is 0 Å². The molecule has 1 aromatic heterocycles. The maximum Gasteiger partial charge on any atom is 0.160 e. The summed E-state index contributed by atoms with van der Waals surface area (Å²) < 4.78 is 6.70. The average Bonchev–Trinajstić information content (AvgIpc) is 3.49. The maximum atomic E-state index is 6.70. The number of fused-ring (bicyclic) bond motifs is 7. The molecule has 2 nitrogen and oxygen atoms in total. The third-order valence-corrected chi connectivity index (χ3v) is 8.81. The Morgan fingerprint density at radius 2 is 1.05 bits per heavy atom. The summed E-state index contributed by atoms with van der Waals surface area (Å²) in [6.07, 6.45) is 0. The summed E-state index contributed by atoms with van der Waals surface area (Å²) in [5, 5.41) is 9.57. The van der Waals surface area contributed by atoms with Crippen LogP contribution in [0.4, 0.5) is 17.1 Å². The molecular formula is C42H27NO. The first-order valence-electron chi connectivity index (χ1n) is 15.0. The normalized spacial score (nSPS) is 11.6. The van der Waals surface area contributed by atoms with E-state index in [9.17, 15) is 0 Å². The van der Waals surface area contributed by atoms with E-state index in [4.69, 9.17) is 4.42 Å². The van der Waals surface area contributed by atoms with Gasteiger partial charge in [0, 0.05) is 22.1 Å². The summed E-state index contributed by atoms with van der Waals surface area (Å²) >= 11 is 0. The van der Waals surface area contributed by atoms with Gasteiger partial charge in [-0.1, -0.05) is 127 Å². The number of anilines is 3. The van der Waals surface area contributed by atoms with Crippen LogP contribution < -0.4 is 4.90 Å². The molecule has 0 aliphatic rings. The van der Waals surface area contributed by atoms with Gasteiger partial charge in [0.1, 0.15) is 5.58 Å². The zero-order valence-corrected chi connectivity index (χ0v) is 23.9. The Balaban J connectivity index is 1.31. The predicted octanol–water partition coefficient (Wildman–Crippen LogP) is 12.2. The van der Waals surface area contributed by atoms with E-state index in [0.717, 1.165) is 39.0 Å². The minimum atomic E-state index is 0.885. The molecule has 0 unspecified atom stereocenters. The minimum Gasteiger partial charge on any atom is -0.454 e. The number of hydrogen-bond donors (Lipinski definition) is 0. The van der Waals surface area contributed by atoms with Crippen LogP contribution in [0.5, 0.6) is 0 Å². The van der Waals surface area contributed by atoms with E-state index in [1.807, 2.05) is 6.07 Å². The molecule has 0 saturated carbocycles. The van der Waals surface area contributed by atoms with Crippen molar-refractivity contribution in [3.8, 4) is 11.1 Å². The van der Waals surface area contributed by atoms with Gasteiger partial charge in [-0.05, 0) is 79.8 Å². The quantitative estimate of drug-likeness (QED) is 0.212. The third kappa shape index (κ3) is 3.89. The van der Waals surface area contributed by atoms with Crippen LogP contribution in [0, 0.1) is 0 Å². The van der Waals surface area contributed by atoms with E-state index in [-0.39, 0.29) is 0 Å². The Kier molecular flexibility index (Phi) is 5.54. The van der Waals surface area contributed by atoms with Gasteiger partial charge in [-0.25, -0.2) is 0 Å². The fraction of sp³-hybridized carbons (Fsp3) is 0. The molecule has 2 heteroatoms. The lowest BCUT2D eigenvalue weighted by Gasteiger charge is -2.26. The van der Waals surface area contributed by atoms with Crippen LogP contribution in [0.1, 0.15) is 0 Å². The molecule has 0 atom stereocenters. The smallest absolute Gasteiger partial charge is 0.160 e. The van der Waals surface area contributed by atoms with Crippen LogP contribution in [-0.4, -0.2) is 0 Å². The lowest BCUT2D eigenvalue weighted by Crippen LogP contribution is -2.10. The van der Waals surface area contributed by atoms with Gasteiger partial charge in [-0.2, -0.15) is 0 Å². The third-order valence-electron chi connectivity index (χ3n) is 8.81. The molecule has 0 saturated heterocycles. The van der Waals surface area contributed by atoms with Crippen molar-refractivity contribution in [1.82, 2.24) is 0 Å². The SMILES string of the molecule is c1ccc2cc(N(c3ccc(-c4cccc5ccccc45)cc3)c3cc4ccccc4c4c3oc3ccccc34)ccc2c1. The molecule has 0 radical (unpaired) electrons. The van der Waals surface area contributed by atoms with Gasteiger partial charge in [0.2, 0.25) is 0 Å². The summed E-state index contributed by atoms with van der Waals surface area (Å²) in [5.74, 6) is 0. The van der Waals surface area contributed by atoms with Crippen LogP contribution in [0.3, 0.4) is 0 Å². The summed E-state index contributed by atoms with van der Waals surface area (Å²) in [7, 11) is 0. The number of hydrogen-bond acceptors (Lipinski definition) is 2. The standard InChI is InChI=1S/C42H27NO/c1-2-12-31-26-34(25-20-28(31)10-1)43(33-23-21-30(22-24-33)36-18-9-14-29-11-3-5-15-35(29)36)39-27-32-13-4-6-16-37(32)41-38-17-7-8-19-40(38)44-42(39)41/h1-27H. The number of rotatable bonds is 4. The molecule has 0 bridgehead atoms. The molecule has 0 amide bonds. The monoisotopic (exact) mass is 561 g/mol. The first-order valence-corrected chi connectivity index (χ1v) is 15.0.